The molecule has 0 aliphatic carbocycles. The molecule has 1 aliphatic rings. The van der Waals surface area contributed by atoms with Crippen LogP contribution in [0.15, 0.2) is 28.8 Å². The number of ether oxygens (including phenoxy) is 3. The first-order chi connectivity index (χ1) is 15.4. The third kappa shape index (κ3) is 5.49. The van der Waals surface area contributed by atoms with Crippen molar-refractivity contribution >= 4 is 18.0 Å². The molecule has 1 aliphatic heterocycles. The third-order valence-corrected chi connectivity index (χ3v) is 5.50. The minimum atomic E-state index is -0.518. The zero-order chi connectivity index (χ0) is 23.1. The highest BCUT2D eigenvalue weighted by atomic mass is 16.5. The molecule has 8 heteroatoms. The van der Waals surface area contributed by atoms with Gasteiger partial charge < -0.3 is 23.6 Å². The van der Waals surface area contributed by atoms with E-state index in [2.05, 4.69) is 5.16 Å². The van der Waals surface area contributed by atoms with E-state index in [4.69, 9.17) is 18.7 Å². The molecule has 1 saturated heterocycles. The maximum absolute atomic E-state index is 12.8. The summed E-state index contributed by atoms with van der Waals surface area (Å²) in [6, 6.07) is 4.92. The van der Waals surface area contributed by atoms with Gasteiger partial charge in [0, 0.05) is 12.6 Å². The van der Waals surface area contributed by atoms with Crippen LogP contribution < -0.4 is 9.47 Å². The van der Waals surface area contributed by atoms with E-state index in [0.29, 0.717) is 37.7 Å². The number of esters is 1. The molecule has 3 rings (SSSR count). The molecule has 32 heavy (non-hydrogen) atoms. The summed E-state index contributed by atoms with van der Waals surface area (Å²) in [5.74, 6) is 1.30. The van der Waals surface area contributed by atoms with Crippen LogP contribution in [0, 0.1) is 13.8 Å². The number of likely N-dealkylation sites (tertiary alicyclic amines) is 1. The number of piperidine rings is 1. The fraction of sp³-hybridized carbons (Fsp3) is 0.458. The molecular weight excluding hydrogens is 412 g/mol. The number of hydrogen-bond acceptors (Lipinski definition) is 7. The fourth-order valence-corrected chi connectivity index (χ4v) is 3.71. The predicted octanol–water partition coefficient (Wildman–Crippen LogP) is 3.84. The Morgan fingerprint density at radius 2 is 2.06 bits per heavy atom. The van der Waals surface area contributed by atoms with Crippen molar-refractivity contribution in [2.75, 3.05) is 20.3 Å². The number of aromatic nitrogens is 1. The van der Waals surface area contributed by atoms with Crippen molar-refractivity contribution in [3.05, 3.63) is 46.9 Å². The first kappa shape index (κ1) is 23.4. The van der Waals surface area contributed by atoms with Gasteiger partial charge in [-0.1, -0.05) is 11.2 Å². The lowest BCUT2D eigenvalue weighted by molar-refractivity contribution is -0.155. The van der Waals surface area contributed by atoms with Crippen molar-refractivity contribution in [2.24, 2.45) is 0 Å². The molecule has 1 aromatic heterocycles. The van der Waals surface area contributed by atoms with E-state index in [1.54, 1.807) is 37.1 Å². The van der Waals surface area contributed by atoms with Crippen LogP contribution in [0.5, 0.6) is 11.5 Å². The molecule has 0 saturated carbocycles. The topological polar surface area (TPSA) is 91.1 Å². The molecule has 1 fully saturated rings. The van der Waals surface area contributed by atoms with Crippen LogP contribution in [0.25, 0.3) is 6.08 Å². The second kappa shape index (κ2) is 10.8. The minimum absolute atomic E-state index is 0.208. The van der Waals surface area contributed by atoms with Crippen molar-refractivity contribution < 1.29 is 28.3 Å². The standard InChI is InChI=1S/C24H30N2O6/c1-5-30-24(28)20-8-6-7-13-26(20)23(27)12-10-18-9-11-21(22(14-18)29-4)31-15-19-16(2)25-32-17(19)3/h9-12,14,20H,5-8,13,15H2,1-4H3/b12-10+. The maximum atomic E-state index is 12.8. The summed E-state index contributed by atoms with van der Waals surface area (Å²) in [5, 5.41) is 3.93. The van der Waals surface area contributed by atoms with Gasteiger partial charge in [-0.25, -0.2) is 4.79 Å². The largest absolute Gasteiger partial charge is 0.493 e. The van der Waals surface area contributed by atoms with Crippen LogP contribution in [-0.4, -0.2) is 48.2 Å². The second-order valence-electron chi connectivity index (χ2n) is 7.63. The number of aryl methyl sites for hydroxylation is 2. The number of carbonyl (C=O) groups excluding carboxylic acids is 2. The quantitative estimate of drug-likeness (QED) is 0.453. The van der Waals surface area contributed by atoms with Gasteiger partial charge in [0.2, 0.25) is 5.91 Å². The molecule has 2 aromatic rings. The molecule has 2 heterocycles. The van der Waals surface area contributed by atoms with Gasteiger partial charge in [0.05, 0.1) is 25.0 Å². The summed E-state index contributed by atoms with van der Waals surface area (Å²) in [5.41, 5.74) is 2.47. The van der Waals surface area contributed by atoms with Crippen LogP contribution >= 0.6 is 0 Å². The van der Waals surface area contributed by atoms with Crippen LogP contribution in [-0.2, 0) is 20.9 Å². The van der Waals surface area contributed by atoms with Crippen molar-refractivity contribution in [3.8, 4) is 11.5 Å². The van der Waals surface area contributed by atoms with Gasteiger partial charge in [-0.3, -0.25) is 4.79 Å². The third-order valence-electron chi connectivity index (χ3n) is 5.50. The second-order valence-corrected chi connectivity index (χ2v) is 7.63. The summed E-state index contributed by atoms with van der Waals surface area (Å²) in [6.07, 6.45) is 5.60. The van der Waals surface area contributed by atoms with Crippen molar-refractivity contribution in [1.82, 2.24) is 10.1 Å². The molecule has 172 valence electrons. The lowest BCUT2D eigenvalue weighted by Gasteiger charge is -2.33. The lowest BCUT2D eigenvalue weighted by Crippen LogP contribution is -2.48. The summed E-state index contributed by atoms with van der Waals surface area (Å²) in [6.45, 7) is 6.64. The Morgan fingerprint density at radius 3 is 2.75 bits per heavy atom. The minimum Gasteiger partial charge on any atom is -0.493 e. The number of nitrogens with zero attached hydrogens (tertiary/aromatic N) is 2. The zero-order valence-corrected chi connectivity index (χ0v) is 19.1. The number of benzene rings is 1. The van der Waals surface area contributed by atoms with Crippen LogP contribution in [0.4, 0.5) is 0 Å². The van der Waals surface area contributed by atoms with Crippen molar-refractivity contribution in [2.45, 2.75) is 52.7 Å². The van der Waals surface area contributed by atoms with E-state index in [0.717, 1.165) is 35.4 Å². The van der Waals surface area contributed by atoms with Gasteiger partial charge >= 0.3 is 5.97 Å². The van der Waals surface area contributed by atoms with Gasteiger partial charge in [0.1, 0.15) is 18.4 Å². The van der Waals surface area contributed by atoms with Crippen LogP contribution in [0.2, 0.25) is 0 Å². The smallest absolute Gasteiger partial charge is 0.328 e. The predicted molar refractivity (Wildman–Crippen MR) is 118 cm³/mol. The van der Waals surface area contributed by atoms with Gasteiger partial charge in [-0.15, -0.1) is 0 Å². The molecular formula is C24H30N2O6. The monoisotopic (exact) mass is 442 g/mol. The Bertz CT molecular complexity index is 961. The Kier molecular flexibility index (Phi) is 7.92. The lowest BCUT2D eigenvalue weighted by atomic mass is 10.0. The Morgan fingerprint density at radius 1 is 1.25 bits per heavy atom. The number of hydrogen-bond donors (Lipinski definition) is 0. The number of rotatable bonds is 8. The van der Waals surface area contributed by atoms with Crippen LogP contribution in [0.3, 0.4) is 0 Å². The van der Waals surface area contributed by atoms with E-state index in [1.165, 1.54) is 6.08 Å². The van der Waals surface area contributed by atoms with E-state index in [1.807, 2.05) is 19.9 Å². The molecule has 8 nitrogen and oxygen atoms in total. The molecule has 0 N–H and O–H groups in total. The van der Waals surface area contributed by atoms with Gasteiger partial charge in [-0.05, 0) is 63.8 Å². The number of carbonyl (C=O) groups is 2. The Hall–Kier alpha value is -3.29. The molecule has 0 spiro atoms. The fourth-order valence-electron chi connectivity index (χ4n) is 3.71. The van der Waals surface area contributed by atoms with Gasteiger partial charge in [-0.2, -0.15) is 0 Å². The van der Waals surface area contributed by atoms with Crippen molar-refractivity contribution in [3.63, 3.8) is 0 Å². The SMILES string of the molecule is CCOC(=O)C1CCCCN1C(=O)/C=C/c1ccc(OCc2c(C)noc2C)c(OC)c1. The van der Waals surface area contributed by atoms with Gasteiger partial charge in [0.15, 0.2) is 11.5 Å². The van der Waals surface area contributed by atoms with E-state index in [9.17, 15) is 9.59 Å². The molecule has 1 unspecified atom stereocenters. The van der Waals surface area contributed by atoms with E-state index in [-0.39, 0.29) is 11.9 Å². The summed E-state index contributed by atoms with van der Waals surface area (Å²) in [7, 11) is 1.56. The molecule has 1 amide bonds. The average Bonchev–Trinajstić information content (AvgIpc) is 3.13. The first-order valence-corrected chi connectivity index (χ1v) is 10.8. The highest BCUT2D eigenvalue weighted by Gasteiger charge is 2.32. The van der Waals surface area contributed by atoms with Crippen LogP contribution in [0.1, 0.15) is 48.8 Å². The highest BCUT2D eigenvalue weighted by Crippen LogP contribution is 2.30. The summed E-state index contributed by atoms with van der Waals surface area (Å²) in [4.78, 5) is 26.6. The number of methoxy groups -OCH3 is 1. The summed E-state index contributed by atoms with van der Waals surface area (Å²) >= 11 is 0. The van der Waals surface area contributed by atoms with Gasteiger partial charge in [0.25, 0.3) is 0 Å². The first-order valence-electron chi connectivity index (χ1n) is 10.8. The van der Waals surface area contributed by atoms with E-state index >= 15 is 0 Å². The summed E-state index contributed by atoms with van der Waals surface area (Å²) < 4.78 is 21.7. The molecule has 1 aromatic carbocycles. The molecule has 0 bridgehead atoms. The average molecular weight is 443 g/mol. The Balaban J connectivity index is 1.68. The highest BCUT2D eigenvalue weighted by molar-refractivity contribution is 5.94. The Labute approximate surface area is 188 Å². The normalized spacial score (nSPS) is 16.2. The molecule has 1 atom stereocenters. The number of amides is 1. The zero-order valence-electron chi connectivity index (χ0n) is 19.1. The van der Waals surface area contributed by atoms with Crippen molar-refractivity contribution in [1.29, 1.82) is 0 Å². The molecule has 0 radical (unpaired) electrons. The maximum Gasteiger partial charge on any atom is 0.328 e. The van der Waals surface area contributed by atoms with E-state index < -0.39 is 6.04 Å².